The van der Waals surface area contributed by atoms with Gasteiger partial charge in [0, 0.05) is 31.7 Å². The topological polar surface area (TPSA) is 40.6 Å². The van der Waals surface area contributed by atoms with Crippen LogP contribution in [0.2, 0.25) is 0 Å². The first-order valence-electron chi connectivity index (χ1n) is 8.81. The zero-order valence-corrected chi connectivity index (χ0v) is 15.2. The van der Waals surface area contributed by atoms with Gasteiger partial charge in [-0.25, -0.2) is 4.39 Å². The summed E-state index contributed by atoms with van der Waals surface area (Å²) in [4.78, 5) is 28.7. The second-order valence-corrected chi connectivity index (χ2v) is 6.84. The lowest BCUT2D eigenvalue weighted by molar-refractivity contribution is 0.0624. The van der Waals surface area contributed by atoms with Gasteiger partial charge in [-0.05, 0) is 38.1 Å². The van der Waals surface area contributed by atoms with E-state index in [0.29, 0.717) is 31.7 Å². The molecule has 136 valence electrons. The number of hydrogen-bond acceptors (Lipinski definition) is 3. The normalized spacial score (nSPS) is 15.1. The Bertz CT molecular complexity index is 809. The first kappa shape index (κ1) is 18.3. The Labute approximate surface area is 153 Å². The first-order valence-corrected chi connectivity index (χ1v) is 8.81. The molecule has 1 saturated heterocycles. The van der Waals surface area contributed by atoms with Crippen LogP contribution >= 0.6 is 0 Å². The number of hydrogen-bond donors (Lipinski definition) is 0. The number of ketones is 1. The molecule has 1 aliphatic rings. The third kappa shape index (κ3) is 4.17. The summed E-state index contributed by atoms with van der Waals surface area (Å²) < 4.78 is 13.9. The van der Waals surface area contributed by atoms with Gasteiger partial charge < -0.3 is 4.90 Å². The van der Waals surface area contributed by atoms with Crippen LogP contribution in [-0.2, 0) is 0 Å². The average molecular weight is 354 g/mol. The zero-order chi connectivity index (χ0) is 18.7. The number of halogens is 1. The van der Waals surface area contributed by atoms with E-state index < -0.39 is 5.82 Å². The van der Waals surface area contributed by atoms with Gasteiger partial charge in [-0.3, -0.25) is 14.5 Å². The number of Topliss-reactive ketones (excluding diaryl/α,β-unsaturated/α-hetero) is 1. The number of carbonyl (C=O) groups excluding carboxylic acids is 2. The monoisotopic (exact) mass is 354 g/mol. The minimum Gasteiger partial charge on any atom is -0.336 e. The molecule has 3 rings (SSSR count). The Morgan fingerprint density at radius 1 is 0.923 bits per heavy atom. The van der Waals surface area contributed by atoms with Crippen LogP contribution in [0.4, 0.5) is 4.39 Å². The number of piperazine rings is 1. The summed E-state index contributed by atoms with van der Waals surface area (Å²) >= 11 is 0. The lowest BCUT2D eigenvalue weighted by atomic mass is 10.1. The number of benzene rings is 2. The van der Waals surface area contributed by atoms with Crippen LogP contribution in [-0.4, -0.2) is 54.2 Å². The van der Waals surface area contributed by atoms with Crippen molar-refractivity contribution in [1.82, 2.24) is 9.80 Å². The molecule has 2 aromatic carbocycles. The number of aryl methyl sites for hydroxylation is 2. The highest BCUT2D eigenvalue weighted by Crippen LogP contribution is 2.14. The lowest BCUT2D eigenvalue weighted by Gasteiger charge is -2.34. The molecule has 26 heavy (non-hydrogen) atoms. The van der Waals surface area contributed by atoms with Gasteiger partial charge >= 0.3 is 0 Å². The van der Waals surface area contributed by atoms with Gasteiger partial charge in [0.1, 0.15) is 5.82 Å². The second kappa shape index (κ2) is 7.79. The molecule has 0 N–H and O–H groups in total. The smallest absolute Gasteiger partial charge is 0.253 e. The molecule has 1 aliphatic heterocycles. The van der Waals surface area contributed by atoms with Gasteiger partial charge in [0.05, 0.1) is 12.1 Å². The summed E-state index contributed by atoms with van der Waals surface area (Å²) in [6, 6.07) is 12.1. The predicted octanol–water partition coefficient (Wildman–Crippen LogP) is 3.08. The Kier molecular flexibility index (Phi) is 5.47. The molecule has 5 heteroatoms. The zero-order valence-electron chi connectivity index (χ0n) is 15.2. The van der Waals surface area contributed by atoms with Gasteiger partial charge in [0.2, 0.25) is 0 Å². The molecular formula is C21H23FN2O2. The van der Waals surface area contributed by atoms with Crippen molar-refractivity contribution < 1.29 is 14.0 Å². The third-order valence-electron chi connectivity index (χ3n) is 4.75. The van der Waals surface area contributed by atoms with Crippen molar-refractivity contribution in [3.05, 3.63) is 70.5 Å². The molecule has 0 bridgehead atoms. The SMILES string of the molecule is Cc1ccc(C(=O)N2CCN(CC(=O)c3cc(C)ccc3F)CC2)cc1. The Hall–Kier alpha value is -2.53. The minimum absolute atomic E-state index is 0.0145. The fraction of sp³-hybridized carbons (Fsp3) is 0.333. The molecule has 1 heterocycles. The lowest BCUT2D eigenvalue weighted by Crippen LogP contribution is -2.50. The summed E-state index contributed by atoms with van der Waals surface area (Å²) in [6.07, 6.45) is 0. The number of rotatable bonds is 4. The Balaban J connectivity index is 1.56. The van der Waals surface area contributed by atoms with E-state index in [9.17, 15) is 14.0 Å². The van der Waals surface area contributed by atoms with Crippen LogP contribution < -0.4 is 0 Å². The number of amides is 1. The third-order valence-corrected chi connectivity index (χ3v) is 4.75. The van der Waals surface area contributed by atoms with E-state index in [1.165, 1.54) is 6.07 Å². The highest BCUT2D eigenvalue weighted by atomic mass is 19.1. The van der Waals surface area contributed by atoms with Crippen LogP contribution in [0.5, 0.6) is 0 Å². The molecule has 1 amide bonds. The first-order chi connectivity index (χ1) is 12.4. The van der Waals surface area contributed by atoms with Gasteiger partial charge in [-0.1, -0.05) is 29.3 Å². The van der Waals surface area contributed by atoms with Crippen LogP contribution in [0.15, 0.2) is 42.5 Å². The summed E-state index contributed by atoms with van der Waals surface area (Å²) in [5, 5.41) is 0. The molecule has 0 unspecified atom stereocenters. The molecule has 1 fully saturated rings. The van der Waals surface area contributed by atoms with E-state index in [1.807, 2.05) is 43.0 Å². The fourth-order valence-electron chi connectivity index (χ4n) is 3.13. The van der Waals surface area contributed by atoms with Crippen LogP contribution in [0, 0.1) is 19.7 Å². The maximum absolute atomic E-state index is 13.9. The van der Waals surface area contributed by atoms with E-state index in [0.717, 1.165) is 11.1 Å². The van der Waals surface area contributed by atoms with Crippen molar-refractivity contribution >= 4 is 11.7 Å². The molecule has 0 spiro atoms. The maximum atomic E-state index is 13.9. The average Bonchev–Trinajstić information content (AvgIpc) is 2.64. The van der Waals surface area contributed by atoms with Crippen LogP contribution in [0.1, 0.15) is 31.8 Å². The number of nitrogens with zero attached hydrogens (tertiary/aromatic N) is 2. The van der Waals surface area contributed by atoms with E-state index in [1.54, 1.807) is 17.0 Å². The Morgan fingerprint density at radius 2 is 1.54 bits per heavy atom. The summed E-state index contributed by atoms with van der Waals surface area (Å²) in [7, 11) is 0. The van der Waals surface area contributed by atoms with Gasteiger partial charge in [-0.2, -0.15) is 0 Å². The van der Waals surface area contributed by atoms with Crippen molar-refractivity contribution in [1.29, 1.82) is 0 Å². The highest BCUT2D eigenvalue weighted by Gasteiger charge is 2.24. The molecular weight excluding hydrogens is 331 g/mol. The molecule has 4 nitrogen and oxygen atoms in total. The van der Waals surface area contributed by atoms with E-state index in [2.05, 4.69) is 0 Å². The second-order valence-electron chi connectivity index (χ2n) is 6.84. The van der Waals surface area contributed by atoms with E-state index >= 15 is 0 Å². The number of carbonyl (C=O) groups is 2. The van der Waals surface area contributed by atoms with Gasteiger partial charge in [-0.15, -0.1) is 0 Å². The minimum atomic E-state index is -0.478. The van der Waals surface area contributed by atoms with Gasteiger partial charge in [0.15, 0.2) is 5.78 Å². The van der Waals surface area contributed by atoms with E-state index in [-0.39, 0.29) is 23.8 Å². The van der Waals surface area contributed by atoms with E-state index in [4.69, 9.17) is 0 Å². The highest BCUT2D eigenvalue weighted by molar-refractivity contribution is 5.98. The fourth-order valence-corrected chi connectivity index (χ4v) is 3.13. The molecule has 0 radical (unpaired) electrons. The molecule has 2 aromatic rings. The Morgan fingerprint density at radius 3 is 2.19 bits per heavy atom. The van der Waals surface area contributed by atoms with Crippen molar-refractivity contribution in [3.8, 4) is 0 Å². The summed E-state index contributed by atoms with van der Waals surface area (Å²) in [5.74, 6) is -0.681. The molecule has 0 aliphatic carbocycles. The van der Waals surface area contributed by atoms with Crippen LogP contribution in [0.25, 0.3) is 0 Å². The largest absolute Gasteiger partial charge is 0.336 e. The standard InChI is InChI=1S/C21H23FN2O2/c1-15-3-6-17(7-4-15)21(26)24-11-9-23(10-12-24)14-20(25)18-13-16(2)5-8-19(18)22/h3-8,13H,9-12,14H2,1-2H3. The van der Waals surface area contributed by atoms with Gasteiger partial charge in [0.25, 0.3) is 5.91 Å². The van der Waals surface area contributed by atoms with Crippen molar-refractivity contribution in [2.75, 3.05) is 32.7 Å². The van der Waals surface area contributed by atoms with Crippen molar-refractivity contribution in [2.24, 2.45) is 0 Å². The van der Waals surface area contributed by atoms with Crippen molar-refractivity contribution in [2.45, 2.75) is 13.8 Å². The summed E-state index contributed by atoms with van der Waals surface area (Å²) in [5.41, 5.74) is 2.81. The van der Waals surface area contributed by atoms with Crippen molar-refractivity contribution in [3.63, 3.8) is 0 Å². The molecule has 0 aromatic heterocycles. The predicted molar refractivity (Wildman–Crippen MR) is 99.0 cm³/mol. The van der Waals surface area contributed by atoms with Crippen LogP contribution in [0.3, 0.4) is 0 Å². The summed E-state index contributed by atoms with van der Waals surface area (Å²) in [6.45, 7) is 6.35. The molecule has 0 saturated carbocycles. The maximum Gasteiger partial charge on any atom is 0.253 e. The quantitative estimate of drug-likeness (QED) is 0.793. The molecule has 0 atom stereocenters.